The Bertz CT molecular complexity index is 165. The summed E-state index contributed by atoms with van der Waals surface area (Å²) in [6, 6.07) is -0.771. The van der Waals surface area contributed by atoms with E-state index in [1.165, 1.54) is 20.8 Å². The second-order valence-corrected chi connectivity index (χ2v) is 2.53. The molecule has 0 aliphatic carbocycles. The Balaban J connectivity index is 4.12. The molecule has 0 aromatic carbocycles. The van der Waals surface area contributed by atoms with E-state index in [9.17, 15) is 9.59 Å². The van der Waals surface area contributed by atoms with Gasteiger partial charge in [0, 0.05) is 6.92 Å². The van der Waals surface area contributed by atoms with Gasteiger partial charge >= 0.3 is 0 Å². The number of hydrogen-bond donors (Lipinski definition) is 2. The SMILES string of the molecule is CC(=O)N[C@H](C(C)=O)C(C)O. The van der Waals surface area contributed by atoms with Crippen LogP contribution in [0.1, 0.15) is 20.8 Å². The van der Waals surface area contributed by atoms with Crippen molar-refractivity contribution < 1.29 is 14.7 Å². The van der Waals surface area contributed by atoms with Gasteiger partial charge in [-0.25, -0.2) is 0 Å². The van der Waals surface area contributed by atoms with Gasteiger partial charge in [-0.05, 0) is 13.8 Å². The summed E-state index contributed by atoms with van der Waals surface area (Å²) in [5.74, 6) is -0.554. The van der Waals surface area contributed by atoms with Crippen LogP contribution in [0, 0.1) is 0 Å². The van der Waals surface area contributed by atoms with Crippen molar-refractivity contribution in [1.29, 1.82) is 0 Å². The molecule has 11 heavy (non-hydrogen) atoms. The zero-order valence-electron chi connectivity index (χ0n) is 6.92. The van der Waals surface area contributed by atoms with E-state index in [1.807, 2.05) is 0 Å². The normalized spacial score (nSPS) is 15.3. The van der Waals surface area contributed by atoms with E-state index in [1.54, 1.807) is 0 Å². The predicted molar refractivity (Wildman–Crippen MR) is 40.0 cm³/mol. The van der Waals surface area contributed by atoms with E-state index in [0.29, 0.717) is 0 Å². The van der Waals surface area contributed by atoms with Crippen molar-refractivity contribution in [2.24, 2.45) is 0 Å². The number of aliphatic hydroxyl groups excluding tert-OH is 1. The predicted octanol–water partition coefficient (Wildman–Crippen LogP) is -0.539. The van der Waals surface area contributed by atoms with Crippen molar-refractivity contribution in [2.75, 3.05) is 0 Å². The highest BCUT2D eigenvalue weighted by Crippen LogP contribution is 1.93. The lowest BCUT2D eigenvalue weighted by Gasteiger charge is -2.16. The van der Waals surface area contributed by atoms with E-state index in [-0.39, 0.29) is 11.7 Å². The second kappa shape index (κ2) is 4.08. The van der Waals surface area contributed by atoms with Crippen molar-refractivity contribution >= 4 is 11.7 Å². The van der Waals surface area contributed by atoms with Crippen LogP contribution in [0.3, 0.4) is 0 Å². The topological polar surface area (TPSA) is 66.4 Å². The van der Waals surface area contributed by atoms with Crippen LogP contribution in [-0.4, -0.2) is 28.9 Å². The van der Waals surface area contributed by atoms with Gasteiger partial charge in [0.1, 0.15) is 6.04 Å². The summed E-state index contributed by atoms with van der Waals surface area (Å²) in [6.45, 7) is 4.09. The van der Waals surface area contributed by atoms with E-state index in [2.05, 4.69) is 5.32 Å². The summed E-state index contributed by atoms with van der Waals surface area (Å²) in [5, 5.41) is 11.3. The van der Waals surface area contributed by atoms with Crippen molar-refractivity contribution in [3.63, 3.8) is 0 Å². The van der Waals surface area contributed by atoms with E-state index < -0.39 is 12.1 Å². The molecule has 0 aromatic heterocycles. The number of Topliss-reactive ketones (excluding diaryl/α,β-unsaturated/α-hetero) is 1. The van der Waals surface area contributed by atoms with Crippen LogP contribution in [0.2, 0.25) is 0 Å². The third-order valence-corrected chi connectivity index (χ3v) is 1.28. The molecule has 0 bridgehead atoms. The van der Waals surface area contributed by atoms with Gasteiger partial charge in [0.15, 0.2) is 5.78 Å². The molecule has 0 heterocycles. The number of carbonyl (C=O) groups is 2. The first kappa shape index (κ1) is 10.1. The van der Waals surface area contributed by atoms with Crippen LogP contribution in [-0.2, 0) is 9.59 Å². The first-order chi connectivity index (χ1) is 4.95. The molecule has 0 aliphatic rings. The van der Waals surface area contributed by atoms with Gasteiger partial charge in [0.2, 0.25) is 5.91 Å². The zero-order valence-corrected chi connectivity index (χ0v) is 6.92. The standard InChI is InChI=1S/C7H13NO3/c1-4(9)7(5(2)10)8-6(3)11/h4,7,9H,1-3H3,(H,8,11)/t4?,7-/m0/s1. The highest BCUT2D eigenvalue weighted by atomic mass is 16.3. The first-order valence-electron chi connectivity index (χ1n) is 3.40. The van der Waals surface area contributed by atoms with Crippen LogP contribution >= 0.6 is 0 Å². The number of hydrogen-bond acceptors (Lipinski definition) is 3. The molecule has 64 valence electrons. The van der Waals surface area contributed by atoms with Crippen molar-refractivity contribution in [2.45, 2.75) is 32.9 Å². The first-order valence-corrected chi connectivity index (χ1v) is 3.40. The Labute approximate surface area is 65.6 Å². The number of amides is 1. The monoisotopic (exact) mass is 159 g/mol. The third kappa shape index (κ3) is 3.72. The Morgan fingerprint density at radius 1 is 1.36 bits per heavy atom. The highest BCUT2D eigenvalue weighted by Gasteiger charge is 2.19. The van der Waals surface area contributed by atoms with E-state index >= 15 is 0 Å². The Morgan fingerprint density at radius 3 is 1.91 bits per heavy atom. The quantitative estimate of drug-likeness (QED) is 0.581. The lowest BCUT2D eigenvalue weighted by Crippen LogP contribution is -2.45. The molecule has 1 amide bonds. The van der Waals surface area contributed by atoms with Crippen LogP contribution in [0.4, 0.5) is 0 Å². The fraction of sp³-hybridized carbons (Fsp3) is 0.714. The van der Waals surface area contributed by atoms with Crippen LogP contribution in [0.15, 0.2) is 0 Å². The average molecular weight is 159 g/mol. The summed E-state index contributed by atoms with van der Waals surface area (Å²) in [5.41, 5.74) is 0. The molecule has 0 saturated heterocycles. The molecule has 0 spiro atoms. The molecule has 4 nitrogen and oxygen atoms in total. The summed E-state index contributed by atoms with van der Waals surface area (Å²) >= 11 is 0. The molecule has 0 radical (unpaired) electrons. The van der Waals surface area contributed by atoms with E-state index in [4.69, 9.17) is 5.11 Å². The number of aliphatic hydroxyl groups is 1. The lowest BCUT2D eigenvalue weighted by molar-refractivity contribution is -0.128. The summed E-state index contributed by atoms with van der Waals surface area (Å²) in [6.07, 6.45) is -0.837. The molecule has 0 saturated carbocycles. The largest absolute Gasteiger partial charge is 0.391 e. The van der Waals surface area contributed by atoms with Crippen LogP contribution in [0.25, 0.3) is 0 Å². The minimum Gasteiger partial charge on any atom is -0.391 e. The van der Waals surface area contributed by atoms with Crippen LogP contribution in [0.5, 0.6) is 0 Å². The average Bonchev–Trinajstić information content (AvgIpc) is 1.81. The van der Waals surface area contributed by atoms with Gasteiger partial charge in [-0.1, -0.05) is 0 Å². The fourth-order valence-electron chi connectivity index (χ4n) is 0.781. The lowest BCUT2D eigenvalue weighted by atomic mass is 10.1. The Kier molecular flexibility index (Phi) is 3.74. The third-order valence-electron chi connectivity index (χ3n) is 1.28. The second-order valence-electron chi connectivity index (χ2n) is 2.53. The number of rotatable bonds is 3. The highest BCUT2D eigenvalue weighted by molar-refractivity contribution is 5.87. The molecular weight excluding hydrogens is 146 g/mol. The van der Waals surface area contributed by atoms with Gasteiger partial charge < -0.3 is 10.4 Å². The molecule has 0 fully saturated rings. The minimum absolute atomic E-state index is 0.241. The Hall–Kier alpha value is -0.900. The molecule has 2 atom stereocenters. The molecular formula is C7H13NO3. The van der Waals surface area contributed by atoms with Gasteiger partial charge in [0.05, 0.1) is 6.10 Å². The number of nitrogens with one attached hydrogen (secondary N) is 1. The molecule has 0 aromatic rings. The molecule has 0 aliphatic heterocycles. The maximum absolute atomic E-state index is 10.7. The van der Waals surface area contributed by atoms with Crippen molar-refractivity contribution in [3.8, 4) is 0 Å². The fourth-order valence-corrected chi connectivity index (χ4v) is 0.781. The molecule has 0 rings (SSSR count). The summed E-state index contributed by atoms with van der Waals surface area (Å²) in [4.78, 5) is 21.2. The number of ketones is 1. The van der Waals surface area contributed by atoms with Gasteiger partial charge in [-0.2, -0.15) is 0 Å². The maximum Gasteiger partial charge on any atom is 0.217 e. The molecule has 1 unspecified atom stereocenters. The van der Waals surface area contributed by atoms with Gasteiger partial charge in [-0.3, -0.25) is 9.59 Å². The minimum atomic E-state index is -0.837. The summed E-state index contributed by atoms with van der Waals surface area (Å²) in [7, 11) is 0. The zero-order chi connectivity index (χ0) is 9.02. The van der Waals surface area contributed by atoms with Gasteiger partial charge in [0.25, 0.3) is 0 Å². The maximum atomic E-state index is 10.7. The summed E-state index contributed by atoms with van der Waals surface area (Å²) < 4.78 is 0. The van der Waals surface area contributed by atoms with Crippen LogP contribution < -0.4 is 5.32 Å². The van der Waals surface area contributed by atoms with Crippen molar-refractivity contribution in [3.05, 3.63) is 0 Å². The molecule has 2 N–H and O–H groups in total. The van der Waals surface area contributed by atoms with Crippen molar-refractivity contribution in [1.82, 2.24) is 5.32 Å². The van der Waals surface area contributed by atoms with E-state index in [0.717, 1.165) is 0 Å². The Morgan fingerprint density at radius 2 is 1.82 bits per heavy atom. The number of carbonyl (C=O) groups excluding carboxylic acids is 2. The smallest absolute Gasteiger partial charge is 0.217 e. The van der Waals surface area contributed by atoms with Gasteiger partial charge in [-0.15, -0.1) is 0 Å². The molecule has 4 heteroatoms.